The van der Waals surface area contributed by atoms with E-state index in [1.807, 2.05) is 0 Å². The van der Waals surface area contributed by atoms with Crippen molar-refractivity contribution in [1.29, 1.82) is 0 Å². The third-order valence-corrected chi connectivity index (χ3v) is 4.82. The molecule has 0 spiro atoms. The van der Waals surface area contributed by atoms with Gasteiger partial charge in [-0.15, -0.1) is 0 Å². The fourth-order valence-corrected chi connectivity index (χ4v) is 3.11. The van der Waals surface area contributed by atoms with Crippen LogP contribution in [-0.2, 0) is 6.42 Å². The van der Waals surface area contributed by atoms with E-state index in [2.05, 4.69) is 112 Å². The molecule has 0 heterocycles. The molecule has 0 unspecified atom stereocenters. The summed E-state index contributed by atoms with van der Waals surface area (Å²) in [6.45, 7) is 6.52. The lowest BCUT2D eigenvalue weighted by molar-refractivity contribution is 1.13. The highest BCUT2D eigenvalue weighted by molar-refractivity contribution is 5.75. The van der Waals surface area contributed by atoms with Crippen LogP contribution in [0.4, 0.5) is 0 Å². The van der Waals surface area contributed by atoms with E-state index in [-0.39, 0.29) is 0 Å². The average Bonchev–Trinajstić information content (AvgIpc) is 2.67. The standard InChI is InChI=1S/C26H26/c1-4-23-19-22(13-15-24-11-7-5-9-20(24)2)14-16-26(23)18-17-25-12-8-6-10-21(25)3/h5-19H,4H2,1-3H3/b15-13+,18-17+. The van der Waals surface area contributed by atoms with Gasteiger partial charge in [0.15, 0.2) is 0 Å². The van der Waals surface area contributed by atoms with Crippen molar-refractivity contribution in [2.75, 3.05) is 0 Å². The Morgan fingerprint density at radius 3 is 1.73 bits per heavy atom. The minimum absolute atomic E-state index is 1.03. The summed E-state index contributed by atoms with van der Waals surface area (Å²) in [6.07, 6.45) is 9.88. The first-order valence-electron chi connectivity index (χ1n) is 9.27. The van der Waals surface area contributed by atoms with Crippen LogP contribution in [0.2, 0.25) is 0 Å². The number of hydrogen-bond acceptors (Lipinski definition) is 0. The Morgan fingerprint density at radius 1 is 0.615 bits per heavy atom. The molecule has 0 amide bonds. The summed E-state index contributed by atoms with van der Waals surface area (Å²) < 4.78 is 0. The van der Waals surface area contributed by atoms with Crippen molar-refractivity contribution in [3.05, 3.63) is 106 Å². The van der Waals surface area contributed by atoms with Crippen molar-refractivity contribution in [3.63, 3.8) is 0 Å². The minimum atomic E-state index is 1.03. The van der Waals surface area contributed by atoms with Crippen molar-refractivity contribution in [2.45, 2.75) is 27.2 Å². The first kappa shape index (κ1) is 17.9. The van der Waals surface area contributed by atoms with Crippen LogP contribution in [0.3, 0.4) is 0 Å². The van der Waals surface area contributed by atoms with E-state index < -0.39 is 0 Å². The zero-order valence-electron chi connectivity index (χ0n) is 15.9. The van der Waals surface area contributed by atoms with Crippen LogP contribution < -0.4 is 0 Å². The number of hydrogen-bond donors (Lipinski definition) is 0. The van der Waals surface area contributed by atoms with Gasteiger partial charge in [0, 0.05) is 0 Å². The highest BCUT2D eigenvalue weighted by Crippen LogP contribution is 2.19. The summed E-state index contributed by atoms with van der Waals surface area (Å²) in [5.74, 6) is 0. The zero-order valence-corrected chi connectivity index (χ0v) is 15.9. The first-order chi connectivity index (χ1) is 12.7. The second-order valence-electron chi connectivity index (χ2n) is 6.69. The van der Waals surface area contributed by atoms with Crippen molar-refractivity contribution in [3.8, 4) is 0 Å². The molecule has 26 heavy (non-hydrogen) atoms. The van der Waals surface area contributed by atoms with Gasteiger partial charge in [-0.05, 0) is 59.2 Å². The monoisotopic (exact) mass is 338 g/mol. The van der Waals surface area contributed by atoms with Crippen molar-refractivity contribution >= 4 is 24.3 Å². The molecule has 130 valence electrons. The predicted octanol–water partition coefficient (Wildman–Crippen LogP) is 7.21. The second-order valence-corrected chi connectivity index (χ2v) is 6.69. The maximum atomic E-state index is 2.30. The van der Waals surface area contributed by atoms with Crippen molar-refractivity contribution < 1.29 is 0 Å². The number of rotatable bonds is 5. The maximum absolute atomic E-state index is 2.30. The number of aryl methyl sites for hydroxylation is 3. The molecule has 0 bridgehead atoms. The Morgan fingerprint density at radius 2 is 1.15 bits per heavy atom. The summed E-state index contributed by atoms with van der Waals surface area (Å²) in [4.78, 5) is 0. The Labute approximate surface area is 157 Å². The van der Waals surface area contributed by atoms with Crippen molar-refractivity contribution in [1.82, 2.24) is 0 Å². The van der Waals surface area contributed by atoms with Crippen LogP contribution in [0, 0.1) is 13.8 Å². The van der Waals surface area contributed by atoms with Crippen molar-refractivity contribution in [2.24, 2.45) is 0 Å². The molecular formula is C26H26. The van der Waals surface area contributed by atoms with Gasteiger partial charge in [0.2, 0.25) is 0 Å². The molecule has 0 aliphatic heterocycles. The molecule has 0 aliphatic carbocycles. The molecule has 0 aliphatic rings. The molecular weight excluding hydrogens is 312 g/mol. The summed E-state index contributed by atoms with van der Waals surface area (Å²) in [7, 11) is 0. The maximum Gasteiger partial charge on any atom is -0.0224 e. The number of benzene rings is 3. The van der Waals surface area contributed by atoms with E-state index in [0.717, 1.165) is 6.42 Å². The van der Waals surface area contributed by atoms with Gasteiger partial charge in [-0.3, -0.25) is 0 Å². The summed E-state index contributed by atoms with van der Waals surface area (Å²) in [6, 6.07) is 23.7. The van der Waals surface area contributed by atoms with Crippen LogP contribution in [0.5, 0.6) is 0 Å². The molecule has 0 saturated heterocycles. The minimum Gasteiger partial charge on any atom is -0.0620 e. The van der Waals surface area contributed by atoms with E-state index in [1.165, 1.54) is 38.9 Å². The fourth-order valence-electron chi connectivity index (χ4n) is 3.11. The third kappa shape index (κ3) is 4.40. The van der Waals surface area contributed by atoms with Gasteiger partial charge in [-0.25, -0.2) is 0 Å². The van der Waals surface area contributed by atoms with Gasteiger partial charge >= 0.3 is 0 Å². The Kier molecular flexibility index (Phi) is 5.86. The lowest BCUT2D eigenvalue weighted by atomic mass is 9.99. The lowest BCUT2D eigenvalue weighted by Crippen LogP contribution is -1.88. The topological polar surface area (TPSA) is 0 Å². The Bertz CT molecular complexity index is 942. The van der Waals surface area contributed by atoms with Gasteiger partial charge in [-0.1, -0.05) is 98.0 Å². The SMILES string of the molecule is CCc1cc(/C=C/c2ccccc2C)ccc1/C=C/c1ccccc1C. The van der Waals surface area contributed by atoms with Crippen LogP contribution in [0.1, 0.15) is 45.9 Å². The van der Waals surface area contributed by atoms with Crippen LogP contribution in [0.15, 0.2) is 66.7 Å². The molecule has 0 aromatic heterocycles. The molecule has 0 fully saturated rings. The highest BCUT2D eigenvalue weighted by Gasteiger charge is 2.00. The normalized spacial score (nSPS) is 11.5. The predicted molar refractivity (Wildman–Crippen MR) is 116 cm³/mol. The van der Waals surface area contributed by atoms with E-state index >= 15 is 0 Å². The quantitative estimate of drug-likeness (QED) is 0.431. The molecule has 3 rings (SSSR count). The Hall–Kier alpha value is -2.86. The highest BCUT2D eigenvalue weighted by atomic mass is 14.1. The van der Waals surface area contributed by atoms with Gasteiger partial charge in [0.05, 0.1) is 0 Å². The summed E-state index contributed by atoms with van der Waals surface area (Å²) >= 11 is 0. The van der Waals surface area contributed by atoms with Gasteiger partial charge in [0.25, 0.3) is 0 Å². The average molecular weight is 338 g/mol. The molecule has 0 atom stereocenters. The van der Waals surface area contributed by atoms with Crippen LogP contribution >= 0.6 is 0 Å². The van der Waals surface area contributed by atoms with Gasteiger partial charge < -0.3 is 0 Å². The van der Waals surface area contributed by atoms with E-state index in [1.54, 1.807) is 0 Å². The molecule has 0 saturated carbocycles. The fraction of sp³-hybridized carbons (Fsp3) is 0.154. The largest absolute Gasteiger partial charge is 0.0620 e. The van der Waals surface area contributed by atoms with E-state index in [9.17, 15) is 0 Å². The van der Waals surface area contributed by atoms with Crippen LogP contribution in [0.25, 0.3) is 24.3 Å². The van der Waals surface area contributed by atoms with Gasteiger partial charge in [0.1, 0.15) is 0 Å². The molecule has 0 N–H and O–H groups in total. The summed E-state index contributed by atoms with van der Waals surface area (Å²) in [5.41, 5.74) is 9.08. The molecule has 0 nitrogen and oxygen atoms in total. The van der Waals surface area contributed by atoms with E-state index in [4.69, 9.17) is 0 Å². The van der Waals surface area contributed by atoms with E-state index in [0.29, 0.717) is 0 Å². The zero-order chi connectivity index (χ0) is 18.4. The smallest absolute Gasteiger partial charge is 0.0224 e. The molecule has 0 heteroatoms. The first-order valence-corrected chi connectivity index (χ1v) is 9.27. The Balaban J connectivity index is 1.84. The van der Waals surface area contributed by atoms with Gasteiger partial charge in [-0.2, -0.15) is 0 Å². The molecule has 3 aromatic carbocycles. The van der Waals surface area contributed by atoms with Crippen LogP contribution in [-0.4, -0.2) is 0 Å². The second kappa shape index (κ2) is 8.49. The summed E-state index contributed by atoms with van der Waals surface area (Å²) in [5, 5.41) is 0. The lowest BCUT2D eigenvalue weighted by Gasteiger charge is -2.06. The molecule has 0 radical (unpaired) electrons. The third-order valence-electron chi connectivity index (χ3n) is 4.82. The molecule has 3 aromatic rings.